The molecule has 0 bridgehead atoms. The molecule has 6 heteroatoms. The van der Waals surface area contributed by atoms with E-state index in [1.165, 1.54) is 0 Å². The summed E-state index contributed by atoms with van der Waals surface area (Å²) in [4.78, 5) is 0. The van der Waals surface area contributed by atoms with Crippen molar-refractivity contribution in [3.8, 4) is 0 Å². The van der Waals surface area contributed by atoms with E-state index < -0.39 is 8.80 Å². The second-order valence-electron chi connectivity index (χ2n) is 6.03. The summed E-state index contributed by atoms with van der Waals surface area (Å²) in [5.74, 6) is 0.357. The van der Waals surface area contributed by atoms with Crippen LogP contribution in [0.25, 0.3) is 0 Å². The number of epoxide rings is 1. The van der Waals surface area contributed by atoms with Crippen LogP contribution >= 0.6 is 0 Å². The Morgan fingerprint density at radius 2 is 1.50 bits per heavy atom. The molecule has 0 spiro atoms. The molecule has 0 aromatic carbocycles. The maximum Gasteiger partial charge on any atom is 0.501 e. The van der Waals surface area contributed by atoms with Gasteiger partial charge in [0, 0.05) is 32.5 Å². The summed E-state index contributed by atoms with van der Waals surface area (Å²) in [7, 11) is -2.59. The zero-order chi connectivity index (χ0) is 16.3. The number of hydrogen-bond donors (Lipinski definition) is 0. The van der Waals surface area contributed by atoms with Gasteiger partial charge in [0.1, 0.15) is 6.10 Å². The molecule has 22 heavy (non-hydrogen) atoms. The fourth-order valence-electron chi connectivity index (χ4n) is 2.13. The maximum atomic E-state index is 6.11. The van der Waals surface area contributed by atoms with Crippen LogP contribution in [0.5, 0.6) is 0 Å². The van der Waals surface area contributed by atoms with Gasteiger partial charge in [-0.15, -0.1) is 0 Å². The van der Waals surface area contributed by atoms with Crippen LogP contribution < -0.4 is 0 Å². The smallest absolute Gasteiger partial charge is 0.378 e. The van der Waals surface area contributed by atoms with Crippen molar-refractivity contribution in [3.63, 3.8) is 0 Å². The Balaban J connectivity index is 2.49. The average Bonchev–Trinajstić information content (AvgIpc) is 3.33. The van der Waals surface area contributed by atoms with Gasteiger partial charge >= 0.3 is 8.80 Å². The lowest BCUT2D eigenvalue weighted by atomic mass is 10.2. The molecule has 1 saturated heterocycles. The van der Waals surface area contributed by atoms with E-state index in [9.17, 15) is 0 Å². The molecule has 0 amide bonds. The predicted molar refractivity (Wildman–Crippen MR) is 89.0 cm³/mol. The molecule has 2 unspecified atom stereocenters. The van der Waals surface area contributed by atoms with Crippen LogP contribution in [0.2, 0.25) is 6.04 Å². The standard InChI is InChI=1S/C16H34O5Si/c1-5-8-19-22(20-9-6-2,21-10-7-3)14-15(4)11-17-12-16-13-18-16/h15-16H,5-14H2,1-4H3. The number of rotatable bonds is 15. The fraction of sp³-hybridized carbons (Fsp3) is 1.00. The third-order valence-corrected chi connectivity index (χ3v) is 6.41. The maximum absolute atomic E-state index is 6.11. The number of hydrogen-bond acceptors (Lipinski definition) is 5. The van der Waals surface area contributed by atoms with E-state index in [-0.39, 0.29) is 0 Å². The third-order valence-electron chi connectivity index (χ3n) is 3.29. The fourth-order valence-corrected chi connectivity index (χ4v) is 5.25. The van der Waals surface area contributed by atoms with E-state index in [0.717, 1.165) is 31.9 Å². The van der Waals surface area contributed by atoms with Crippen LogP contribution in [0.4, 0.5) is 0 Å². The topological polar surface area (TPSA) is 49.5 Å². The molecule has 132 valence electrons. The molecule has 0 saturated carbocycles. The Morgan fingerprint density at radius 1 is 1.00 bits per heavy atom. The van der Waals surface area contributed by atoms with Gasteiger partial charge in [0.15, 0.2) is 0 Å². The Hall–Kier alpha value is 0.0169. The van der Waals surface area contributed by atoms with E-state index in [1.807, 2.05) is 0 Å². The molecule has 0 aliphatic carbocycles. The Bertz CT molecular complexity index is 251. The normalized spacial score (nSPS) is 19.4. The van der Waals surface area contributed by atoms with Crippen LogP contribution in [0, 0.1) is 5.92 Å². The largest absolute Gasteiger partial charge is 0.501 e. The van der Waals surface area contributed by atoms with Gasteiger partial charge in [-0.3, -0.25) is 0 Å². The molecule has 0 radical (unpaired) electrons. The molecule has 0 N–H and O–H groups in total. The van der Waals surface area contributed by atoms with Gasteiger partial charge < -0.3 is 22.8 Å². The van der Waals surface area contributed by atoms with Crippen LogP contribution in [-0.2, 0) is 22.8 Å². The summed E-state index contributed by atoms with van der Waals surface area (Å²) in [6.07, 6.45) is 3.25. The zero-order valence-corrected chi connectivity index (χ0v) is 15.8. The minimum atomic E-state index is -2.59. The quantitative estimate of drug-likeness (QED) is 0.340. The SMILES string of the molecule is CCCO[Si](CC(C)COCC1CO1)(OCCC)OCCC. The summed E-state index contributed by atoms with van der Waals surface area (Å²) in [6, 6.07) is 0.818. The van der Waals surface area contributed by atoms with Crippen LogP contribution in [-0.4, -0.2) is 54.5 Å². The highest BCUT2D eigenvalue weighted by Gasteiger charge is 2.42. The van der Waals surface area contributed by atoms with Crippen LogP contribution in [0.1, 0.15) is 47.0 Å². The monoisotopic (exact) mass is 334 g/mol. The lowest BCUT2D eigenvalue weighted by Gasteiger charge is -2.31. The highest BCUT2D eigenvalue weighted by molar-refractivity contribution is 6.60. The molecule has 0 aromatic rings. The first-order valence-electron chi connectivity index (χ1n) is 8.77. The van der Waals surface area contributed by atoms with Gasteiger partial charge in [-0.1, -0.05) is 27.7 Å². The Kier molecular flexibility index (Phi) is 10.5. The summed E-state index contributed by atoms with van der Waals surface area (Å²) >= 11 is 0. The average molecular weight is 335 g/mol. The van der Waals surface area contributed by atoms with Gasteiger partial charge in [-0.05, 0) is 25.2 Å². The number of ether oxygens (including phenoxy) is 2. The zero-order valence-electron chi connectivity index (χ0n) is 14.8. The van der Waals surface area contributed by atoms with Gasteiger partial charge in [0.2, 0.25) is 0 Å². The molecule has 1 aliphatic rings. The molecular formula is C16H34O5Si. The summed E-state index contributed by atoms with van der Waals surface area (Å²) < 4.78 is 29.2. The van der Waals surface area contributed by atoms with Gasteiger partial charge in [-0.25, -0.2) is 0 Å². The third kappa shape index (κ3) is 8.60. The van der Waals surface area contributed by atoms with Crippen molar-refractivity contribution in [3.05, 3.63) is 0 Å². The summed E-state index contributed by atoms with van der Waals surface area (Å²) in [5, 5.41) is 0. The lowest BCUT2D eigenvalue weighted by Crippen LogP contribution is -2.48. The summed E-state index contributed by atoms with van der Waals surface area (Å²) in [5.41, 5.74) is 0. The van der Waals surface area contributed by atoms with E-state index in [4.69, 9.17) is 22.8 Å². The van der Waals surface area contributed by atoms with E-state index in [0.29, 0.717) is 45.1 Å². The minimum Gasteiger partial charge on any atom is -0.378 e. The van der Waals surface area contributed by atoms with Gasteiger partial charge in [0.25, 0.3) is 0 Å². The van der Waals surface area contributed by atoms with Gasteiger partial charge in [0.05, 0.1) is 13.2 Å². The highest BCUT2D eigenvalue weighted by Crippen LogP contribution is 2.23. The highest BCUT2D eigenvalue weighted by atomic mass is 28.4. The molecule has 1 rings (SSSR count). The van der Waals surface area contributed by atoms with Crippen molar-refractivity contribution in [2.75, 3.05) is 39.6 Å². The minimum absolute atomic E-state index is 0.318. The van der Waals surface area contributed by atoms with E-state index in [1.54, 1.807) is 0 Å². The van der Waals surface area contributed by atoms with E-state index in [2.05, 4.69) is 27.7 Å². The second kappa shape index (κ2) is 11.5. The molecule has 2 atom stereocenters. The van der Waals surface area contributed by atoms with Gasteiger partial charge in [-0.2, -0.15) is 0 Å². The molecule has 5 nitrogen and oxygen atoms in total. The first-order valence-corrected chi connectivity index (χ1v) is 10.7. The van der Waals surface area contributed by atoms with Crippen molar-refractivity contribution in [2.24, 2.45) is 5.92 Å². The van der Waals surface area contributed by atoms with E-state index >= 15 is 0 Å². The Morgan fingerprint density at radius 3 is 1.91 bits per heavy atom. The predicted octanol–water partition coefficient (Wildman–Crippen LogP) is 3.26. The van der Waals surface area contributed by atoms with Crippen molar-refractivity contribution >= 4 is 8.80 Å². The van der Waals surface area contributed by atoms with Crippen molar-refractivity contribution < 1.29 is 22.8 Å². The summed E-state index contributed by atoms with van der Waals surface area (Å²) in [6.45, 7) is 12.8. The van der Waals surface area contributed by atoms with Crippen LogP contribution in [0.3, 0.4) is 0 Å². The molecule has 0 aromatic heterocycles. The first-order chi connectivity index (χ1) is 10.7. The van der Waals surface area contributed by atoms with Crippen molar-refractivity contribution in [1.82, 2.24) is 0 Å². The Labute approximate surface area is 137 Å². The van der Waals surface area contributed by atoms with Crippen molar-refractivity contribution in [2.45, 2.75) is 59.1 Å². The molecule has 1 aliphatic heterocycles. The molecule has 1 fully saturated rings. The molecule has 1 heterocycles. The van der Waals surface area contributed by atoms with Crippen molar-refractivity contribution in [1.29, 1.82) is 0 Å². The first kappa shape index (κ1) is 20.1. The lowest BCUT2D eigenvalue weighted by molar-refractivity contribution is 0.0454. The molecular weight excluding hydrogens is 300 g/mol. The second-order valence-corrected chi connectivity index (χ2v) is 8.67. The van der Waals surface area contributed by atoms with Crippen LogP contribution in [0.15, 0.2) is 0 Å².